The first-order valence-corrected chi connectivity index (χ1v) is 6.19. The van der Waals surface area contributed by atoms with Crippen LogP contribution >= 0.6 is 15.9 Å². The topological polar surface area (TPSA) is 3.24 Å². The van der Waals surface area contributed by atoms with Crippen molar-refractivity contribution >= 4 is 21.6 Å². The molecule has 0 saturated heterocycles. The first-order chi connectivity index (χ1) is 6.84. The summed E-state index contributed by atoms with van der Waals surface area (Å²) in [5, 5.41) is 0. The molecule has 1 aromatic rings. The Kier molecular flexibility index (Phi) is 2.05. The van der Waals surface area contributed by atoms with Crippen LogP contribution in [0.1, 0.15) is 24.8 Å². The molecular formula is C12H14BrN. The molecule has 74 valence electrons. The van der Waals surface area contributed by atoms with Gasteiger partial charge in [-0.1, -0.05) is 22.0 Å². The van der Waals surface area contributed by atoms with Crippen LogP contribution in [0.4, 0.5) is 5.69 Å². The summed E-state index contributed by atoms with van der Waals surface area (Å²) in [6, 6.07) is 7.57. The molecule has 1 heterocycles. The zero-order valence-electron chi connectivity index (χ0n) is 8.17. The van der Waals surface area contributed by atoms with Gasteiger partial charge in [-0.15, -0.1) is 0 Å². The Morgan fingerprint density at radius 2 is 2.14 bits per heavy atom. The summed E-state index contributed by atoms with van der Waals surface area (Å²) >= 11 is 3.56. The maximum atomic E-state index is 3.56. The second-order valence-electron chi connectivity index (χ2n) is 4.30. The van der Waals surface area contributed by atoms with Crippen molar-refractivity contribution in [3.63, 3.8) is 0 Å². The average Bonchev–Trinajstić information content (AvgIpc) is 3.00. The van der Waals surface area contributed by atoms with Crippen LogP contribution < -0.4 is 4.90 Å². The van der Waals surface area contributed by atoms with Gasteiger partial charge in [0.25, 0.3) is 0 Å². The number of anilines is 1. The lowest BCUT2D eigenvalue weighted by Gasteiger charge is -2.31. The summed E-state index contributed by atoms with van der Waals surface area (Å²) in [7, 11) is 0. The van der Waals surface area contributed by atoms with Gasteiger partial charge in [0.2, 0.25) is 0 Å². The number of hydrogen-bond donors (Lipinski definition) is 0. The van der Waals surface area contributed by atoms with E-state index in [1.54, 1.807) is 0 Å². The summed E-state index contributed by atoms with van der Waals surface area (Å²) in [6.45, 7) is 1.26. The molecule has 0 unspecified atom stereocenters. The zero-order valence-corrected chi connectivity index (χ0v) is 9.76. The van der Waals surface area contributed by atoms with E-state index in [0.29, 0.717) is 0 Å². The number of nitrogens with zero attached hydrogens (tertiary/aromatic N) is 1. The second-order valence-corrected chi connectivity index (χ2v) is 5.22. The lowest BCUT2D eigenvalue weighted by molar-refractivity contribution is 0.688. The highest BCUT2D eigenvalue weighted by atomic mass is 79.9. The quantitative estimate of drug-likeness (QED) is 0.740. The number of benzene rings is 1. The second kappa shape index (κ2) is 3.27. The largest absolute Gasteiger partial charge is 0.368 e. The van der Waals surface area contributed by atoms with Crippen LogP contribution in [0.2, 0.25) is 0 Å². The molecule has 0 atom stereocenters. The van der Waals surface area contributed by atoms with Gasteiger partial charge < -0.3 is 4.90 Å². The molecule has 1 fully saturated rings. The van der Waals surface area contributed by atoms with Gasteiger partial charge in [-0.05, 0) is 43.4 Å². The van der Waals surface area contributed by atoms with E-state index in [1.165, 1.54) is 48.0 Å². The van der Waals surface area contributed by atoms with Crippen molar-refractivity contribution in [2.75, 3.05) is 11.4 Å². The third-order valence-electron chi connectivity index (χ3n) is 3.19. The molecule has 1 aliphatic carbocycles. The summed E-state index contributed by atoms with van der Waals surface area (Å²) in [5.74, 6) is 0. The highest BCUT2D eigenvalue weighted by Crippen LogP contribution is 2.37. The SMILES string of the molecule is Brc1ccc2c(c1)N(C1CC1)CCC2. The van der Waals surface area contributed by atoms with Gasteiger partial charge in [-0.2, -0.15) is 0 Å². The minimum Gasteiger partial charge on any atom is -0.368 e. The Morgan fingerprint density at radius 1 is 1.29 bits per heavy atom. The lowest BCUT2D eigenvalue weighted by Crippen LogP contribution is -2.31. The van der Waals surface area contributed by atoms with Crippen molar-refractivity contribution < 1.29 is 0 Å². The van der Waals surface area contributed by atoms with Crippen LogP contribution in [-0.4, -0.2) is 12.6 Å². The molecule has 0 bridgehead atoms. The highest BCUT2D eigenvalue weighted by Gasteiger charge is 2.31. The Bertz CT molecular complexity index is 357. The van der Waals surface area contributed by atoms with Crippen molar-refractivity contribution in [3.05, 3.63) is 28.2 Å². The predicted molar refractivity (Wildman–Crippen MR) is 62.8 cm³/mol. The highest BCUT2D eigenvalue weighted by molar-refractivity contribution is 9.10. The van der Waals surface area contributed by atoms with Crippen LogP contribution in [0.15, 0.2) is 22.7 Å². The standard InChI is InChI=1S/C12H14BrN/c13-10-4-3-9-2-1-7-14(11-5-6-11)12(9)8-10/h3-4,8,11H,1-2,5-7H2. The summed E-state index contributed by atoms with van der Waals surface area (Å²) in [6.07, 6.45) is 5.37. The smallest absolute Gasteiger partial charge is 0.0412 e. The van der Waals surface area contributed by atoms with E-state index in [9.17, 15) is 0 Å². The molecule has 1 aromatic carbocycles. The van der Waals surface area contributed by atoms with Crippen molar-refractivity contribution in [2.45, 2.75) is 31.7 Å². The molecule has 14 heavy (non-hydrogen) atoms. The molecule has 0 radical (unpaired) electrons. The van der Waals surface area contributed by atoms with E-state index < -0.39 is 0 Å². The van der Waals surface area contributed by atoms with E-state index in [-0.39, 0.29) is 0 Å². The van der Waals surface area contributed by atoms with E-state index in [4.69, 9.17) is 0 Å². The third-order valence-corrected chi connectivity index (χ3v) is 3.68. The van der Waals surface area contributed by atoms with Gasteiger partial charge in [0, 0.05) is 22.7 Å². The number of hydrogen-bond acceptors (Lipinski definition) is 1. The van der Waals surface area contributed by atoms with E-state index in [1.807, 2.05) is 0 Å². The van der Waals surface area contributed by atoms with E-state index in [2.05, 4.69) is 39.0 Å². The average molecular weight is 252 g/mol. The Balaban J connectivity index is 2.02. The molecule has 3 rings (SSSR count). The number of aryl methyl sites for hydroxylation is 1. The number of fused-ring (bicyclic) bond motifs is 1. The molecule has 2 heteroatoms. The fraction of sp³-hybridized carbons (Fsp3) is 0.500. The molecule has 1 saturated carbocycles. The lowest BCUT2D eigenvalue weighted by atomic mass is 10.0. The van der Waals surface area contributed by atoms with E-state index >= 15 is 0 Å². The zero-order chi connectivity index (χ0) is 9.54. The van der Waals surface area contributed by atoms with Crippen LogP contribution in [0.25, 0.3) is 0 Å². The van der Waals surface area contributed by atoms with Crippen molar-refractivity contribution in [2.24, 2.45) is 0 Å². The van der Waals surface area contributed by atoms with Crippen molar-refractivity contribution in [3.8, 4) is 0 Å². The monoisotopic (exact) mass is 251 g/mol. The van der Waals surface area contributed by atoms with Gasteiger partial charge in [0.15, 0.2) is 0 Å². The van der Waals surface area contributed by atoms with Crippen molar-refractivity contribution in [1.29, 1.82) is 0 Å². The van der Waals surface area contributed by atoms with Crippen molar-refractivity contribution in [1.82, 2.24) is 0 Å². The Labute approximate surface area is 93.2 Å². The summed E-state index contributed by atoms with van der Waals surface area (Å²) in [4.78, 5) is 2.60. The maximum Gasteiger partial charge on any atom is 0.0412 e. The normalized spacial score (nSPS) is 20.8. The Hall–Kier alpha value is -0.500. The van der Waals surface area contributed by atoms with Crippen LogP contribution in [0.5, 0.6) is 0 Å². The predicted octanol–water partition coefficient (Wildman–Crippen LogP) is 3.36. The minimum absolute atomic E-state index is 0.850. The van der Waals surface area contributed by atoms with Crippen LogP contribution in [0.3, 0.4) is 0 Å². The molecular weight excluding hydrogens is 238 g/mol. The van der Waals surface area contributed by atoms with Gasteiger partial charge in [-0.25, -0.2) is 0 Å². The van der Waals surface area contributed by atoms with Gasteiger partial charge >= 0.3 is 0 Å². The van der Waals surface area contributed by atoms with Gasteiger partial charge in [-0.3, -0.25) is 0 Å². The van der Waals surface area contributed by atoms with Gasteiger partial charge in [0.1, 0.15) is 0 Å². The fourth-order valence-electron chi connectivity index (χ4n) is 2.34. The summed E-state index contributed by atoms with van der Waals surface area (Å²) in [5.41, 5.74) is 3.01. The minimum atomic E-state index is 0.850. The molecule has 0 spiro atoms. The molecule has 0 aromatic heterocycles. The molecule has 2 aliphatic rings. The molecule has 0 amide bonds. The molecule has 1 aliphatic heterocycles. The third kappa shape index (κ3) is 1.46. The maximum absolute atomic E-state index is 3.56. The molecule has 1 nitrogen and oxygen atoms in total. The van der Waals surface area contributed by atoms with E-state index in [0.717, 1.165) is 6.04 Å². The Morgan fingerprint density at radius 3 is 2.93 bits per heavy atom. The number of halogens is 1. The molecule has 0 N–H and O–H groups in total. The van der Waals surface area contributed by atoms with Crippen LogP contribution in [-0.2, 0) is 6.42 Å². The van der Waals surface area contributed by atoms with Gasteiger partial charge in [0.05, 0.1) is 0 Å². The number of rotatable bonds is 1. The first kappa shape index (κ1) is 8.78. The van der Waals surface area contributed by atoms with Crippen LogP contribution in [0, 0.1) is 0 Å². The fourth-order valence-corrected chi connectivity index (χ4v) is 2.69. The summed E-state index contributed by atoms with van der Waals surface area (Å²) < 4.78 is 1.21. The first-order valence-electron chi connectivity index (χ1n) is 5.40.